The van der Waals surface area contributed by atoms with Gasteiger partial charge in [0.25, 0.3) is 11.8 Å². The van der Waals surface area contributed by atoms with Crippen molar-refractivity contribution in [1.29, 1.82) is 0 Å². The Morgan fingerprint density at radius 2 is 1.86 bits per heavy atom. The van der Waals surface area contributed by atoms with Gasteiger partial charge in [0.2, 0.25) is 0 Å². The number of carbonyl (C=O) groups is 2. The van der Waals surface area contributed by atoms with E-state index < -0.39 is 35.9 Å². The number of pyridine rings is 1. The van der Waals surface area contributed by atoms with E-state index in [0.29, 0.717) is 28.1 Å². The zero-order chi connectivity index (χ0) is 25.8. The number of halogens is 4. The van der Waals surface area contributed by atoms with Crippen LogP contribution in [0.25, 0.3) is 16.7 Å². The summed E-state index contributed by atoms with van der Waals surface area (Å²) in [4.78, 5) is 31.6. The van der Waals surface area contributed by atoms with Crippen molar-refractivity contribution in [2.75, 3.05) is 24.5 Å². The number of amides is 2. The van der Waals surface area contributed by atoms with Crippen molar-refractivity contribution in [2.24, 2.45) is 0 Å². The van der Waals surface area contributed by atoms with E-state index in [-0.39, 0.29) is 32.0 Å². The normalized spacial score (nSPS) is 18.6. The third-order valence-electron chi connectivity index (χ3n) is 6.14. The molecule has 1 N–H and O–H groups in total. The second-order valence-corrected chi connectivity index (χ2v) is 8.47. The number of aliphatic hydroxyl groups is 1. The molecule has 9 nitrogen and oxygen atoms in total. The van der Waals surface area contributed by atoms with Crippen molar-refractivity contribution in [2.45, 2.75) is 24.8 Å². The van der Waals surface area contributed by atoms with Crippen LogP contribution in [0.2, 0.25) is 0 Å². The summed E-state index contributed by atoms with van der Waals surface area (Å²) in [5.74, 6) is -3.12. The molecule has 188 valence electrons. The molecule has 1 unspecified atom stereocenters. The molecule has 2 aliphatic heterocycles. The molecule has 5 rings (SSSR count). The van der Waals surface area contributed by atoms with Gasteiger partial charge in [0.1, 0.15) is 11.9 Å². The molecule has 1 atom stereocenters. The smallest absolute Gasteiger partial charge is 0.406 e. The van der Waals surface area contributed by atoms with E-state index in [1.54, 1.807) is 6.07 Å². The number of aromatic nitrogens is 3. The molecule has 36 heavy (non-hydrogen) atoms. The van der Waals surface area contributed by atoms with E-state index >= 15 is 0 Å². The molecule has 2 aromatic heterocycles. The van der Waals surface area contributed by atoms with Crippen LogP contribution < -0.4 is 9.64 Å². The second kappa shape index (κ2) is 8.59. The van der Waals surface area contributed by atoms with Gasteiger partial charge in [0.15, 0.2) is 11.5 Å². The highest BCUT2D eigenvalue weighted by Gasteiger charge is 2.39. The molecule has 1 aromatic carbocycles. The second-order valence-electron chi connectivity index (χ2n) is 8.47. The summed E-state index contributed by atoms with van der Waals surface area (Å²) in [6.07, 6.45) is -4.27. The van der Waals surface area contributed by atoms with Crippen molar-refractivity contribution in [3.05, 3.63) is 54.6 Å². The number of likely N-dealkylation sites (tertiary alicyclic amines) is 1. The Bertz CT molecular complexity index is 1370. The summed E-state index contributed by atoms with van der Waals surface area (Å²) in [7, 11) is 0. The maximum Gasteiger partial charge on any atom is 0.573 e. The monoisotopic (exact) mass is 505 g/mol. The average molecular weight is 505 g/mol. The third-order valence-corrected chi connectivity index (χ3v) is 6.14. The minimum absolute atomic E-state index is 0.150. The summed E-state index contributed by atoms with van der Waals surface area (Å²) in [6.45, 7) is 3.59. The zero-order valence-electron chi connectivity index (χ0n) is 18.6. The molecule has 13 heteroatoms. The highest BCUT2D eigenvalue weighted by Crippen LogP contribution is 2.39. The van der Waals surface area contributed by atoms with Gasteiger partial charge in [0, 0.05) is 38.2 Å². The van der Waals surface area contributed by atoms with Crippen molar-refractivity contribution in [3.63, 3.8) is 0 Å². The molecule has 2 aliphatic rings. The number of anilines is 1. The topological polar surface area (TPSA) is 101 Å². The van der Waals surface area contributed by atoms with Gasteiger partial charge in [0.05, 0.1) is 22.5 Å². The number of ether oxygens (including phenoxy) is 1. The fraction of sp³-hybridized carbons (Fsp3) is 0.304. The maximum absolute atomic E-state index is 13.3. The first-order valence-electron chi connectivity index (χ1n) is 10.9. The quantitative estimate of drug-likeness (QED) is 0.423. The van der Waals surface area contributed by atoms with Crippen LogP contribution in [0.3, 0.4) is 0 Å². The lowest BCUT2D eigenvalue weighted by atomic mass is 9.93. The lowest BCUT2D eigenvalue weighted by molar-refractivity contribution is -0.274. The van der Waals surface area contributed by atoms with Gasteiger partial charge in [-0.25, -0.2) is 14.1 Å². The number of hydrogen-bond acceptors (Lipinski definition) is 6. The number of alkyl halides is 3. The van der Waals surface area contributed by atoms with Gasteiger partial charge in [-0.1, -0.05) is 6.58 Å². The molecule has 2 fully saturated rings. The number of hydrogen-bond donors (Lipinski definition) is 1. The average Bonchev–Trinajstić information content (AvgIpc) is 3.33. The summed E-state index contributed by atoms with van der Waals surface area (Å²) in [6, 6.07) is 6.63. The van der Waals surface area contributed by atoms with Gasteiger partial charge in [-0.05, 0) is 30.3 Å². The van der Waals surface area contributed by atoms with Crippen molar-refractivity contribution >= 4 is 28.5 Å². The predicted octanol–water partition coefficient (Wildman–Crippen LogP) is 2.83. The number of benzene rings is 1. The van der Waals surface area contributed by atoms with Gasteiger partial charge in [-0.3, -0.25) is 9.59 Å². The number of aliphatic hydroxyl groups excluding tert-OH is 1. The van der Waals surface area contributed by atoms with Gasteiger partial charge >= 0.3 is 6.36 Å². The minimum Gasteiger partial charge on any atom is -0.406 e. The molecule has 0 saturated carbocycles. The number of nitrogens with zero attached hydrogens (tertiary/aromatic N) is 5. The highest BCUT2D eigenvalue weighted by atomic mass is 19.4. The SMILES string of the molecule is C=C(F)C(=O)N1CC(c2nn(-c3ccc(OC(F)(F)F)cc3)c3nccc(N4CCC(O)C4=O)c23)C1. The Hall–Kier alpha value is -4.00. The Morgan fingerprint density at radius 1 is 1.17 bits per heavy atom. The van der Waals surface area contributed by atoms with E-state index in [1.807, 2.05) is 0 Å². The zero-order valence-corrected chi connectivity index (χ0v) is 18.6. The molecule has 2 saturated heterocycles. The molecular formula is C23H19F4N5O4. The summed E-state index contributed by atoms with van der Waals surface area (Å²) < 4.78 is 56.3. The van der Waals surface area contributed by atoms with Gasteiger partial charge in [-0.2, -0.15) is 5.10 Å². The summed E-state index contributed by atoms with van der Waals surface area (Å²) in [5, 5.41) is 15.1. The Balaban J connectivity index is 1.58. The van der Waals surface area contributed by atoms with Gasteiger partial charge in [-0.15, -0.1) is 13.2 Å². The lowest BCUT2D eigenvalue weighted by Gasteiger charge is -2.38. The summed E-state index contributed by atoms with van der Waals surface area (Å²) >= 11 is 0. The molecule has 0 bridgehead atoms. The summed E-state index contributed by atoms with van der Waals surface area (Å²) in [5.41, 5.74) is 1.63. The van der Waals surface area contributed by atoms with E-state index in [2.05, 4.69) is 21.4 Å². The third kappa shape index (κ3) is 4.15. The van der Waals surface area contributed by atoms with E-state index in [9.17, 15) is 32.3 Å². The number of rotatable bonds is 5. The standard InChI is InChI=1S/C23H19F4N5O4/c1-12(24)21(34)30-10-13(11-30)19-18-16(31-9-7-17(33)22(31)35)6-8-28-20(18)32(29-19)14-2-4-15(5-3-14)36-23(25,26)27/h2-6,8,13,17,33H,1,7,9-11H2. The largest absolute Gasteiger partial charge is 0.573 e. The van der Waals surface area contributed by atoms with Crippen molar-refractivity contribution in [3.8, 4) is 11.4 Å². The lowest BCUT2D eigenvalue weighted by Crippen LogP contribution is -2.48. The fourth-order valence-corrected chi connectivity index (χ4v) is 4.43. The van der Waals surface area contributed by atoms with Crippen molar-refractivity contribution < 1.29 is 37.0 Å². The molecule has 3 aromatic rings. The molecule has 0 spiro atoms. The van der Waals surface area contributed by atoms with Crippen LogP contribution in [0.15, 0.2) is 48.9 Å². The molecular weight excluding hydrogens is 486 g/mol. The Labute approximate surface area is 201 Å². The van der Waals surface area contributed by atoms with Crippen LogP contribution in [-0.2, 0) is 9.59 Å². The van der Waals surface area contributed by atoms with E-state index in [0.717, 1.165) is 12.1 Å². The van der Waals surface area contributed by atoms with E-state index in [4.69, 9.17) is 0 Å². The first-order chi connectivity index (χ1) is 17.0. The van der Waals surface area contributed by atoms with Crippen LogP contribution in [0, 0.1) is 0 Å². The first kappa shape index (κ1) is 23.7. The van der Waals surface area contributed by atoms with Crippen LogP contribution in [-0.4, -0.2) is 68.7 Å². The van der Waals surface area contributed by atoms with Crippen molar-refractivity contribution in [1.82, 2.24) is 19.7 Å². The molecule has 4 heterocycles. The number of carbonyl (C=O) groups excluding carboxylic acids is 2. The van der Waals surface area contributed by atoms with Crippen LogP contribution in [0.4, 0.5) is 23.2 Å². The molecule has 0 aliphatic carbocycles. The first-order valence-corrected chi connectivity index (χ1v) is 10.9. The van der Waals surface area contributed by atoms with Crippen LogP contribution in [0.5, 0.6) is 5.75 Å². The Kier molecular flexibility index (Phi) is 5.66. The van der Waals surface area contributed by atoms with Crippen LogP contribution in [0.1, 0.15) is 18.0 Å². The minimum atomic E-state index is -4.84. The molecule has 2 amide bonds. The van der Waals surface area contributed by atoms with Gasteiger partial charge < -0.3 is 19.6 Å². The molecule has 0 radical (unpaired) electrons. The maximum atomic E-state index is 13.3. The van der Waals surface area contributed by atoms with E-state index in [1.165, 1.54) is 32.8 Å². The number of fused-ring (bicyclic) bond motifs is 1. The van der Waals surface area contributed by atoms with Crippen LogP contribution >= 0.6 is 0 Å². The predicted molar refractivity (Wildman–Crippen MR) is 118 cm³/mol. The Morgan fingerprint density at radius 3 is 2.44 bits per heavy atom. The fourth-order valence-electron chi connectivity index (χ4n) is 4.43. The highest BCUT2D eigenvalue weighted by molar-refractivity contribution is 6.06.